The minimum Gasteiger partial charge on any atom is -0.454 e. The molecule has 0 unspecified atom stereocenters. The Hall–Kier alpha value is -2.30. The van der Waals surface area contributed by atoms with E-state index in [0.29, 0.717) is 0 Å². The molecule has 1 heterocycles. The van der Waals surface area contributed by atoms with Crippen LogP contribution in [-0.2, 0) is 44.7 Å². The third kappa shape index (κ3) is 5.93. The zero-order valence-electron chi connectivity index (χ0n) is 18.5. The number of ether oxygens (including phenoxy) is 4. The zero-order chi connectivity index (χ0) is 23.3. The van der Waals surface area contributed by atoms with E-state index in [-0.39, 0.29) is 11.5 Å². The van der Waals surface area contributed by atoms with Gasteiger partial charge in [-0.15, -0.1) is 0 Å². The summed E-state index contributed by atoms with van der Waals surface area (Å²) >= 11 is 0. The summed E-state index contributed by atoms with van der Waals surface area (Å²) in [4.78, 5) is 11.8. The van der Waals surface area contributed by atoms with Crippen molar-refractivity contribution < 1.29 is 36.3 Å². The van der Waals surface area contributed by atoms with Gasteiger partial charge in [-0.3, -0.25) is 8.98 Å². The number of benzene rings is 2. The maximum absolute atomic E-state index is 13.1. The van der Waals surface area contributed by atoms with Crippen molar-refractivity contribution in [3.05, 3.63) is 65.7 Å². The second kappa shape index (κ2) is 10.5. The number of esters is 1. The first kappa shape index (κ1) is 24.3. The van der Waals surface area contributed by atoms with E-state index < -0.39 is 46.8 Å². The van der Waals surface area contributed by atoms with Gasteiger partial charge >= 0.3 is 5.97 Å². The van der Waals surface area contributed by atoms with Crippen LogP contribution in [0.3, 0.4) is 0 Å². The summed E-state index contributed by atoms with van der Waals surface area (Å²) in [5.74, 6) is -0.627. The van der Waals surface area contributed by atoms with Gasteiger partial charge in [-0.2, -0.15) is 8.42 Å². The van der Waals surface area contributed by atoms with Crippen LogP contribution in [0.25, 0.3) is 0 Å². The highest BCUT2D eigenvalue weighted by atomic mass is 32.2. The monoisotopic (exact) mass is 464 g/mol. The highest BCUT2D eigenvalue weighted by Crippen LogP contribution is 2.31. The van der Waals surface area contributed by atoms with E-state index >= 15 is 0 Å². The van der Waals surface area contributed by atoms with Crippen LogP contribution in [0.4, 0.5) is 0 Å². The molecule has 2 aromatic rings. The van der Waals surface area contributed by atoms with E-state index in [0.717, 1.165) is 11.1 Å². The maximum atomic E-state index is 13.1. The molecule has 9 heteroatoms. The summed E-state index contributed by atoms with van der Waals surface area (Å²) < 4.78 is 54.3. The molecule has 1 saturated heterocycles. The van der Waals surface area contributed by atoms with Crippen LogP contribution in [0.2, 0.25) is 0 Å². The summed E-state index contributed by atoms with van der Waals surface area (Å²) in [6, 6.07) is 15.7. The number of hydrogen-bond acceptors (Lipinski definition) is 8. The van der Waals surface area contributed by atoms with Crippen LogP contribution >= 0.6 is 0 Å². The number of aryl methyl sites for hydroxylation is 1. The highest BCUT2D eigenvalue weighted by Gasteiger charge is 2.50. The van der Waals surface area contributed by atoms with E-state index in [2.05, 4.69) is 0 Å². The smallest absolute Gasteiger partial charge is 0.303 e. The van der Waals surface area contributed by atoms with Gasteiger partial charge < -0.3 is 18.9 Å². The number of carbonyl (C=O) groups is 1. The van der Waals surface area contributed by atoms with E-state index in [9.17, 15) is 13.2 Å². The lowest BCUT2D eigenvalue weighted by Gasteiger charge is -2.43. The van der Waals surface area contributed by atoms with Crippen molar-refractivity contribution in [1.29, 1.82) is 0 Å². The van der Waals surface area contributed by atoms with Crippen LogP contribution in [0.1, 0.15) is 25.0 Å². The molecule has 0 N–H and O–H groups in total. The molecule has 174 valence electrons. The maximum Gasteiger partial charge on any atom is 0.303 e. The number of hydrogen-bond donors (Lipinski definition) is 0. The van der Waals surface area contributed by atoms with E-state index in [1.807, 2.05) is 37.3 Å². The largest absolute Gasteiger partial charge is 0.454 e. The van der Waals surface area contributed by atoms with Crippen LogP contribution in [-0.4, -0.2) is 52.2 Å². The molecule has 0 spiro atoms. The van der Waals surface area contributed by atoms with Gasteiger partial charge in [0.2, 0.25) is 0 Å². The molecule has 8 nitrogen and oxygen atoms in total. The fourth-order valence-electron chi connectivity index (χ4n) is 3.49. The number of methoxy groups -OCH3 is 1. The number of carbonyl (C=O) groups excluding carboxylic acids is 1. The quantitative estimate of drug-likeness (QED) is 0.435. The molecule has 0 aliphatic carbocycles. The van der Waals surface area contributed by atoms with Crippen molar-refractivity contribution in [1.82, 2.24) is 0 Å². The van der Waals surface area contributed by atoms with Gasteiger partial charge in [0.25, 0.3) is 10.1 Å². The molecule has 2 aromatic carbocycles. The summed E-state index contributed by atoms with van der Waals surface area (Å²) in [6.45, 7) is 4.98. The highest BCUT2D eigenvalue weighted by molar-refractivity contribution is 7.86. The fourth-order valence-corrected chi connectivity index (χ4v) is 4.58. The third-order valence-corrected chi connectivity index (χ3v) is 6.42. The minimum absolute atomic E-state index is 0.0143. The van der Waals surface area contributed by atoms with Crippen LogP contribution in [0.5, 0.6) is 0 Å². The molecule has 0 amide bonds. The van der Waals surface area contributed by atoms with Crippen molar-refractivity contribution in [2.75, 3.05) is 7.11 Å². The average molecular weight is 465 g/mol. The van der Waals surface area contributed by atoms with Crippen molar-refractivity contribution in [2.24, 2.45) is 0 Å². The lowest BCUT2D eigenvalue weighted by molar-refractivity contribution is -0.293. The fraction of sp³-hybridized carbons (Fsp3) is 0.435. The van der Waals surface area contributed by atoms with E-state index in [4.69, 9.17) is 23.1 Å². The topological polar surface area (TPSA) is 97.4 Å². The Balaban J connectivity index is 1.93. The van der Waals surface area contributed by atoms with Gasteiger partial charge in [0, 0.05) is 14.0 Å². The molecule has 1 fully saturated rings. The Labute approximate surface area is 188 Å². The van der Waals surface area contributed by atoms with Crippen LogP contribution < -0.4 is 0 Å². The van der Waals surface area contributed by atoms with Gasteiger partial charge in [0.15, 0.2) is 12.4 Å². The van der Waals surface area contributed by atoms with Crippen LogP contribution in [0, 0.1) is 6.92 Å². The summed E-state index contributed by atoms with van der Waals surface area (Å²) in [5.41, 5.74) is 1.79. The van der Waals surface area contributed by atoms with Gasteiger partial charge in [-0.1, -0.05) is 48.0 Å². The summed E-state index contributed by atoms with van der Waals surface area (Å²) in [6.07, 6.45) is -4.83. The Morgan fingerprint density at radius 3 is 2.25 bits per heavy atom. The molecule has 32 heavy (non-hydrogen) atoms. The summed E-state index contributed by atoms with van der Waals surface area (Å²) in [7, 11) is -2.82. The predicted molar refractivity (Wildman–Crippen MR) is 115 cm³/mol. The Morgan fingerprint density at radius 2 is 1.66 bits per heavy atom. The Kier molecular flexibility index (Phi) is 8.02. The van der Waals surface area contributed by atoms with Crippen molar-refractivity contribution in [3.8, 4) is 0 Å². The molecule has 0 radical (unpaired) electrons. The Morgan fingerprint density at radius 1 is 1.00 bits per heavy atom. The predicted octanol–water partition coefficient (Wildman–Crippen LogP) is 2.98. The summed E-state index contributed by atoms with van der Waals surface area (Å²) in [5, 5.41) is 0. The molecule has 0 aromatic heterocycles. The second-order valence-electron chi connectivity index (χ2n) is 7.61. The third-order valence-electron chi connectivity index (χ3n) is 5.09. The SMILES string of the molecule is CO[C@@H]1O[C@@H](C)[C@@H](OCc2ccccc2)[C@@H](OS(=O)(=O)c2ccc(C)cc2)[C@@H]1OC(C)=O. The average Bonchev–Trinajstić information content (AvgIpc) is 2.75. The lowest BCUT2D eigenvalue weighted by atomic mass is 9.99. The normalized spacial score (nSPS) is 25.9. The van der Waals surface area contributed by atoms with E-state index in [1.165, 1.54) is 26.2 Å². The first-order valence-corrected chi connectivity index (χ1v) is 11.6. The molecule has 5 atom stereocenters. The van der Waals surface area contributed by atoms with E-state index in [1.54, 1.807) is 19.1 Å². The second-order valence-corrected chi connectivity index (χ2v) is 9.18. The van der Waals surface area contributed by atoms with Crippen molar-refractivity contribution in [3.63, 3.8) is 0 Å². The standard InChI is InChI=1S/C23H28O8S/c1-15-10-12-19(13-11-15)32(25,26)31-21-20(28-14-18-8-6-5-7-9-18)16(2)29-23(27-4)22(21)30-17(3)24/h5-13,16,20-23H,14H2,1-4H3/t16-,20+,21+,22-,23+/m0/s1. The number of rotatable bonds is 8. The molecule has 0 saturated carbocycles. The van der Waals surface area contributed by atoms with Gasteiger partial charge in [0.05, 0.1) is 17.6 Å². The van der Waals surface area contributed by atoms with Gasteiger partial charge in [-0.25, -0.2) is 0 Å². The first-order chi connectivity index (χ1) is 15.2. The molecule has 0 bridgehead atoms. The molecule has 1 aliphatic rings. The van der Waals surface area contributed by atoms with Crippen molar-refractivity contribution >= 4 is 16.1 Å². The zero-order valence-corrected chi connectivity index (χ0v) is 19.3. The minimum atomic E-state index is -4.20. The molecule has 3 rings (SSSR count). The van der Waals surface area contributed by atoms with Gasteiger partial charge in [-0.05, 0) is 31.5 Å². The molecular weight excluding hydrogens is 436 g/mol. The van der Waals surface area contributed by atoms with Crippen LogP contribution in [0.15, 0.2) is 59.5 Å². The lowest BCUT2D eigenvalue weighted by Crippen LogP contribution is -2.60. The molecule has 1 aliphatic heterocycles. The van der Waals surface area contributed by atoms with Crippen molar-refractivity contribution in [2.45, 2.75) is 63.0 Å². The first-order valence-electron chi connectivity index (χ1n) is 10.2. The Bertz CT molecular complexity index is 990. The molecular formula is C23H28O8S. The van der Waals surface area contributed by atoms with Gasteiger partial charge in [0.1, 0.15) is 12.2 Å².